The summed E-state index contributed by atoms with van der Waals surface area (Å²) in [6, 6.07) is 18.8. The fourth-order valence-corrected chi connectivity index (χ4v) is 6.17. The Kier molecular flexibility index (Phi) is 10.6. The first kappa shape index (κ1) is 31.8. The molecule has 43 heavy (non-hydrogen) atoms. The van der Waals surface area contributed by atoms with E-state index >= 15 is 0 Å². The van der Waals surface area contributed by atoms with E-state index in [4.69, 9.17) is 9.47 Å². The summed E-state index contributed by atoms with van der Waals surface area (Å²) in [6.07, 6.45) is 4.82. The van der Waals surface area contributed by atoms with Crippen molar-refractivity contribution in [3.8, 4) is 11.5 Å². The number of hydrogen-bond acceptors (Lipinski definition) is 6. The van der Waals surface area contributed by atoms with E-state index in [1.54, 1.807) is 24.3 Å². The number of methoxy groups -OCH3 is 2. The summed E-state index contributed by atoms with van der Waals surface area (Å²) in [5, 5.41) is 3.09. The molecule has 9 nitrogen and oxygen atoms in total. The molecule has 0 saturated heterocycles. The van der Waals surface area contributed by atoms with E-state index < -0.39 is 34.3 Å². The Balaban J connectivity index is 1.76. The highest BCUT2D eigenvalue weighted by Crippen LogP contribution is 2.34. The highest BCUT2D eigenvalue weighted by atomic mass is 32.2. The molecule has 1 fully saturated rings. The van der Waals surface area contributed by atoms with Gasteiger partial charge in [0.05, 0.1) is 26.2 Å². The largest absolute Gasteiger partial charge is 0.497 e. The number of hydrogen-bond donors (Lipinski definition) is 1. The normalized spacial score (nSPS) is 14.1. The molecule has 1 atom stereocenters. The quantitative estimate of drug-likeness (QED) is 0.309. The van der Waals surface area contributed by atoms with E-state index in [0.29, 0.717) is 5.75 Å². The molecule has 0 bridgehead atoms. The Morgan fingerprint density at radius 2 is 1.65 bits per heavy atom. The number of sulfonamides is 1. The van der Waals surface area contributed by atoms with Crippen molar-refractivity contribution in [2.24, 2.45) is 0 Å². The van der Waals surface area contributed by atoms with Crippen molar-refractivity contribution in [2.45, 2.75) is 50.7 Å². The minimum absolute atomic E-state index is 0.0211. The van der Waals surface area contributed by atoms with Crippen LogP contribution in [0.5, 0.6) is 11.5 Å². The second-order valence-corrected chi connectivity index (χ2v) is 12.5. The van der Waals surface area contributed by atoms with Gasteiger partial charge in [-0.3, -0.25) is 13.9 Å². The molecule has 11 heteroatoms. The topological polar surface area (TPSA) is 105 Å². The molecule has 1 aliphatic rings. The smallest absolute Gasteiger partial charge is 0.244 e. The summed E-state index contributed by atoms with van der Waals surface area (Å²) in [5.41, 5.74) is 1.13. The summed E-state index contributed by atoms with van der Waals surface area (Å²) in [6.45, 7) is -0.879. The Morgan fingerprint density at radius 1 is 0.977 bits per heavy atom. The summed E-state index contributed by atoms with van der Waals surface area (Å²) >= 11 is 0. The van der Waals surface area contributed by atoms with E-state index in [-0.39, 0.29) is 41.9 Å². The van der Waals surface area contributed by atoms with Gasteiger partial charge in [0, 0.05) is 30.6 Å². The van der Waals surface area contributed by atoms with Gasteiger partial charge in [-0.1, -0.05) is 61.4 Å². The lowest BCUT2D eigenvalue weighted by atomic mass is 10.0. The third kappa shape index (κ3) is 8.25. The van der Waals surface area contributed by atoms with Gasteiger partial charge in [-0.05, 0) is 36.6 Å². The lowest BCUT2D eigenvalue weighted by Gasteiger charge is -2.34. The first-order chi connectivity index (χ1) is 20.6. The number of carbonyl (C=O) groups excluding carboxylic acids is 2. The Bertz CT molecular complexity index is 1510. The van der Waals surface area contributed by atoms with Gasteiger partial charge >= 0.3 is 0 Å². The van der Waals surface area contributed by atoms with Crippen molar-refractivity contribution < 1.29 is 31.9 Å². The van der Waals surface area contributed by atoms with Crippen molar-refractivity contribution in [1.29, 1.82) is 0 Å². The number of benzene rings is 3. The highest BCUT2D eigenvalue weighted by molar-refractivity contribution is 7.92. The molecule has 2 amide bonds. The van der Waals surface area contributed by atoms with E-state index in [0.717, 1.165) is 41.8 Å². The predicted octanol–water partition coefficient (Wildman–Crippen LogP) is 4.31. The average molecular weight is 612 g/mol. The second-order valence-electron chi connectivity index (χ2n) is 10.6. The zero-order valence-corrected chi connectivity index (χ0v) is 25.5. The Hall–Kier alpha value is -4.12. The molecule has 1 saturated carbocycles. The van der Waals surface area contributed by atoms with Crippen LogP contribution in [0.2, 0.25) is 0 Å². The van der Waals surface area contributed by atoms with Crippen LogP contribution in [0.3, 0.4) is 0 Å². The molecular weight excluding hydrogens is 573 g/mol. The first-order valence-corrected chi connectivity index (χ1v) is 16.0. The van der Waals surface area contributed by atoms with Crippen LogP contribution < -0.4 is 19.1 Å². The molecule has 0 aromatic heterocycles. The molecule has 0 heterocycles. The van der Waals surface area contributed by atoms with Crippen molar-refractivity contribution >= 4 is 27.5 Å². The van der Waals surface area contributed by atoms with Crippen molar-refractivity contribution in [3.05, 3.63) is 89.7 Å². The zero-order valence-electron chi connectivity index (χ0n) is 24.7. The predicted molar refractivity (Wildman–Crippen MR) is 163 cm³/mol. The Labute approximate surface area is 252 Å². The molecule has 0 aliphatic heterocycles. The number of carbonyl (C=O) groups is 2. The Morgan fingerprint density at radius 3 is 2.28 bits per heavy atom. The number of rotatable bonds is 13. The van der Waals surface area contributed by atoms with Crippen LogP contribution in [0, 0.1) is 5.82 Å². The van der Waals surface area contributed by atoms with E-state index in [9.17, 15) is 22.4 Å². The van der Waals surface area contributed by atoms with E-state index in [1.807, 2.05) is 30.3 Å². The maximum atomic E-state index is 14.9. The molecule has 1 aliphatic carbocycles. The summed E-state index contributed by atoms with van der Waals surface area (Å²) < 4.78 is 52.7. The number of amides is 2. The number of nitrogens with one attached hydrogen (secondary N) is 1. The minimum atomic E-state index is -4.01. The van der Waals surface area contributed by atoms with Gasteiger partial charge in [0.1, 0.15) is 29.9 Å². The molecule has 0 radical (unpaired) electrons. The molecule has 1 N–H and O–H groups in total. The van der Waals surface area contributed by atoms with Crippen LogP contribution in [0.25, 0.3) is 0 Å². The summed E-state index contributed by atoms with van der Waals surface area (Å²) in [5.74, 6) is -0.958. The van der Waals surface area contributed by atoms with Crippen LogP contribution in [-0.2, 0) is 32.6 Å². The van der Waals surface area contributed by atoms with Gasteiger partial charge in [0.25, 0.3) is 0 Å². The third-order valence-electron chi connectivity index (χ3n) is 7.61. The maximum absolute atomic E-state index is 14.9. The van der Waals surface area contributed by atoms with Crippen LogP contribution >= 0.6 is 0 Å². The van der Waals surface area contributed by atoms with Gasteiger partial charge in [0.15, 0.2) is 0 Å². The summed E-state index contributed by atoms with van der Waals surface area (Å²) in [7, 11) is -1.16. The molecule has 1 unspecified atom stereocenters. The fraction of sp³-hybridized carbons (Fsp3) is 0.375. The van der Waals surface area contributed by atoms with Crippen LogP contribution in [0.15, 0.2) is 72.8 Å². The standard InChI is InChI=1S/C32H38FN3O6S/c1-41-26-17-18-28(30(20-26)42-2)36(43(3,39)40)22-31(37)35(21-24-13-7-10-16-27(24)33)29(19-23-11-5-4-6-12-23)32(38)34-25-14-8-9-15-25/h4-7,10-13,16-18,20,25,29H,8-9,14-15,19,21-22H2,1-3H3,(H,34,38). The maximum Gasteiger partial charge on any atom is 0.244 e. The number of ether oxygens (including phenoxy) is 2. The SMILES string of the molecule is COc1ccc(N(CC(=O)N(Cc2ccccc2F)C(Cc2ccccc2)C(=O)NC2CCCC2)S(C)(=O)=O)c(OC)c1. The van der Waals surface area contributed by atoms with E-state index in [1.165, 1.54) is 37.3 Å². The highest BCUT2D eigenvalue weighted by Gasteiger charge is 2.35. The molecule has 4 rings (SSSR count). The lowest BCUT2D eigenvalue weighted by Crippen LogP contribution is -2.54. The van der Waals surface area contributed by atoms with Crippen molar-refractivity contribution in [3.63, 3.8) is 0 Å². The van der Waals surface area contributed by atoms with Gasteiger partial charge in [-0.25, -0.2) is 12.8 Å². The van der Waals surface area contributed by atoms with Gasteiger partial charge in [-0.2, -0.15) is 0 Å². The molecule has 0 spiro atoms. The lowest BCUT2D eigenvalue weighted by molar-refractivity contribution is -0.140. The van der Waals surface area contributed by atoms with E-state index in [2.05, 4.69) is 5.32 Å². The molecule has 230 valence electrons. The first-order valence-electron chi connectivity index (χ1n) is 14.2. The van der Waals surface area contributed by atoms with Gasteiger partial charge in [0.2, 0.25) is 21.8 Å². The zero-order chi connectivity index (χ0) is 31.0. The van der Waals surface area contributed by atoms with Gasteiger partial charge < -0.3 is 19.7 Å². The molecule has 3 aromatic carbocycles. The van der Waals surface area contributed by atoms with Crippen molar-refractivity contribution in [2.75, 3.05) is 31.3 Å². The van der Waals surface area contributed by atoms with Crippen molar-refractivity contribution in [1.82, 2.24) is 10.2 Å². The fourth-order valence-electron chi connectivity index (χ4n) is 5.32. The van der Waals surface area contributed by atoms with Crippen LogP contribution in [0.1, 0.15) is 36.8 Å². The van der Waals surface area contributed by atoms with Gasteiger partial charge in [-0.15, -0.1) is 0 Å². The monoisotopic (exact) mass is 611 g/mol. The number of halogens is 1. The number of anilines is 1. The average Bonchev–Trinajstić information content (AvgIpc) is 3.51. The second kappa shape index (κ2) is 14.4. The van der Waals surface area contributed by atoms with Crippen LogP contribution in [0.4, 0.5) is 10.1 Å². The number of nitrogens with zero attached hydrogens (tertiary/aromatic N) is 2. The third-order valence-corrected chi connectivity index (χ3v) is 8.73. The van der Waals surface area contributed by atoms with Crippen LogP contribution in [-0.4, -0.2) is 64.2 Å². The molecule has 3 aromatic rings. The molecular formula is C32H38FN3O6S. The minimum Gasteiger partial charge on any atom is -0.497 e. The summed E-state index contributed by atoms with van der Waals surface area (Å²) in [4.78, 5) is 29.4.